The molecule has 0 aliphatic carbocycles. The monoisotopic (exact) mass is 126 g/mol. The molecule has 9 heavy (non-hydrogen) atoms. The fraction of sp³-hybridized carbons (Fsp3) is 1.00. The van der Waals surface area contributed by atoms with E-state index in [1.54, 1.807) is 0 Å². The van der Waals surface area contributed by atoms with Crippen LogP contribution in [0.4, 0.5) is 0 Å². The molecule has 1 aliphatic heterocycles. The second-order valence-electron chi connectivity index (χ2n) is 3.71. The maximum Gasteiger partial charge on any atom is 0.275 e. The lowest BCUT2D eigenvalue weighted by molar-refractivity contribution is 0.0708. The van der Waals surface area contributed by atoms with Gasteiger partial charge in [-0.2, -0.15) is 0 Å². The van der Waals surface area contributed by atoms with Gasteiger partial charge in [-0.3, -0.25) is 0 Å². The molecule has 0 bridgehead atoms. The van der Waals surface area contributed by atoms with E-state index in [1.165, 1.54) is 12.7 Å². The molecule has 1 nitrogen and oxygen atoms in total. The maximum atomic E-state index is 5.54. The van der Waals surface area contributed by atoms with Crippen LogP contribution in [0, 0.1) is 5.92 Å². The summed E-state index contributed by atoms with van der Waals surface area (Å²) >= 11 is 0. The zero-order valence-corrected chi connectivity index (χ0v) is 6.61. The van der Waals surface area contributed by atoms with Crippen molar-refractivity contribution in [3.8, 4) is 0 Å². The molecule has 0 N–H and O–H groups in total. The van der Waals surface area contributed by atoms with E-state index >= 15 is 0 Å². The van der Waals surface area contributed by atoms with Crippen LogP contribution in [0.15, 0.2) is 0 Å². The first-order valence-corrected chi connectivity index (χ1v) is 3.74. The Kier molecular flexibility index (Phi) is 1.85. The summed E-state index contributed by atoms with van der Waals surface area (Å²) in [6, 6.07) is 0. The molecule has 0 aromatic carbocycles. The van der Waals surface area contributed by atoms with Crippen LogP contribution in [0.5, 0.6) is 0 Å². The molecule has 1 heterocycles. The summed E-state index contributed by atoms with van der Waals surface area (Å²) in [4.78, 5) is 0. The minimum absolute atomic E-state index is 0.150. The van der Waals surface area contributed by atoms with E-state index in [-0.39, 0.29) is 5.60 Å². The van der Waals surface area contributed by atoms with Gasteiger partial charge in [0.1, 0.15) is 0 Å². The fourth-order valence-corrected chi connectivity index (χ4v) is 1.54. The van der Waals surface area contributed by atoms with E-state index < -0.39 is 0 Å². The Morgan fingerprint density at radius 3 is 2.56 bits per heavy atom. The second-order valence-corrected chi connectivity index (χ2v) is 3.71. The first-order valence-electron chi connectivity index (χ1n) is 3.74. The zero-order chi connectivity index (χ0) is 6.91. The molecule has 0 radical (unpaired) electrons. The van der Waals surface area contributed by atoms with Gasteiger partial charge < -0.3 is 4.65 Å². The van der Waals surface area contributed by atoms with E-state index in [2.05, 4.69) is 20.8 Å². The van der Waals surface area contributed by atoms with Gasteiger partial charge in [-0.05, 0) is 32.5 Å². The molecule has 2 heteroatoms. The summed E-state index contributed by atoms with van der Waals surface area (Å²) in [6.45, 7) is 6.63. The SMILES string of the molecule is CC1CBOC(C)(C)C1. The van der Waals surface area contributed by atoms with Crippen LogP contribution in [0.1, 0.15) is 27.2 Å². The molecular weight excluding hydrogens is 111 g/mol. The summed E-state index contributed by atoms with van der Waals surface area (Å²) in [5, 5.41) is 0. The van der Waals surface area contributed by atoms with Gasteiger partial charge in [-0.15, -0.1) is 0 Å². The molecular formula is C7H15BO. The highest BCUT2D eigenvalue weighted by atomic mass is 16.5. The van der Waals surface area contributed by atoms with Crippen molar-refractivity contribution in [2.75, 3.05) is 0 Å². The van der Waals surface area contributed by atoms with Gasteiger partial charge >= 0.3 is 0 Å². The summed E-state index contributed by atoms with van der Waals surface area (Å²) in [7, 11) is 0.953. The molecule has 1 atom stereocenters. The standard InChI is InChI=1S/C7H15BO/c1-6-4-7(2,3)9-8-5-6/h6,8H,4-5H2,1-3H3. The highest BCUT2D eigenvalue weighted by Gasteiger charge is 2.26. The van der Waals surface area contributed by atoms with Crippen molar-refractivity contribution in [2.24, 2.45) is 5.92 Å². The molecule has 0 amide bonds. The summed E-state index contributed by atoms with van der Waals surface area (Å²) in [5.41, 5.74) is 0.150. The van der Waals surface area contributed by atoms with E-state index in [0.717, 1.165) is 13.4 Å². The minimum atomic E-state index is 0.150. The van der Waals surface area contributed by atoms with Crippen LogP contribution < -0.4 is 0 Å². The highest BCUT2D eigenvalue weighted by Crippen LogP contribution is 2.27. The average Bonchev–Trinajstić information content (AvgIpc) is 1.60. The predicted molar refractivity (Wildman–Crippen MR) is 40.9 cm³/mol. The average molecular weight is 126 g/mol. The van der Waals surface area contributed by atoms with Crippen molar-refractivity contribution in [1.82, 2.24) is 0 Å². The van der Waals surface area contributed by atoms with Crippen LogP contribution in [0.2, 0.25) is 6.32 Å². The lowest BCUT2D eigenvalue weighted by Crippen LogP contribution is -2.34. The van der Waals surface area contributed by atoms with Crippen molar-refractivity contribution in [2.45, 2.75) is 39.1 Å². The molecule has 0 aromatic heterocycles. The van der Waals surface area contributed by atoms with Crippen molar-refractivity contribution in [3.05, 3.63) is 0 Å². The second kappa shape index (κ2) is 2.33. The van der Waals surface area contributed by atoms with Gasteiger partial charge in [-0.25, -0.2) is 0 Å². The Labute approximate surface area is 58.1 Å². The molecule has 1 saturated heterocycles. The van der Waals surface area contributed by atoms with Crippen molar-refractivity contribution in [3.63, 3.8) is 0 Å². The summed E-state index contributed by atoms with van der Waals surface area (Å²) < 4.78 is 5.54. The van der Waals surface area contributed by atoms with E-state index in [9.17, 15) is 0 Å². The Hall–Kier alpha value is 0.0249. The topological polar surface area (TPSA) is 9.23 Å². The van der Waals surface area contributed by atoms with Crippen LogP contribution in [0.3, 0.4) is 0 Å². The van der Waals surface area contributed by atoms with Crippen LogP contribution >= 0.6 is 0 Å². The molecule has 1 fully saturated rings. The Balaban J connectivity index is 2.41. The molecule has 52 valence electrons. The molecule has 0 aromatic rings. The maximum absolute atomic E-state index is 5.54. The predicted octanol–water partition coefficient (Wildman–Crippen LogP) is 1.59. The Morgan fingerprint density at radius 1 is 1.56 bits per heavy atom. The number of hydrogen-bond acceptors (Lipinski definition) is 1. The van der Waals surface area contributed by atoms with E-state index in [1.807, 2.05) is 0 Å². The molecule has 1 rings (SSSR count). The van der Waals surface area contributed by atoms with Crippen LogP contribution in [-0.2, 0) is 4.65 Å². The Morgan fingerprint density at radius 2 is 2.22 bits per heavy atom. The van der Waals surface area contributed by atoms with Gasteiger partial charge in [0.25, 0.3) is 7.48 Å². The molecule has 1 aliphatic rings. The fourth-order valence-electron chi connectivity index (χ4n) is 1.54. The third-order valence-corrected chi connectivity index (χ3v) is 1.94. The van der Waals surface area contributed by atoms with Gasteiger partial charge in [0, 0.05) is 5.60 Å². The molecule has 0 saturated carbocycles. The van der Waals surface area contributed by atoms with Gasteiger partial charge in [0.05, 0.1) is 0 Å². The van der Waals surface area contributed by atoms with Crippen molar-refractivity contribution < 1.29 is 4.65 Å². The van der Waals surface area contributed by atoms with Crippen molar-refractivity contribution >= 4 is 7.48 Å². The quantitative estimate of drug-likeness (QED) is 0.448. The zero-order valence-electron chi connectivity index (χ0n) is 6.61. The third-order valence-electron chi connectivity index (χ3n) is 1.94. The first-order chi connectivity index (χ1) is 4.10. The van der Waals surface area contributed by atoms with Gasteiger partial charge in [0.2, 0.25) is 0 Å². The third kappa shape index (κ3) is 2.01. The lowest BCUT2D eigenvalue weighted by atomic mass is 9.75. The normalized spacial score (nSPS) is 33.4. The first kappa shape index (κ1) is 7.14. The lowest BCUT2D eigenvalue weighted by Gasteiger charge is -2.33. The van der Waals surface area contributed by atoms with Crippen LogP contribution in [-0.4, -0.2) is 13.1 Å². The summed E-state index contributed by atoms with van der Waals surface area (Å²) in [6.07, 6.45) is 2.45. The van der Waals surface area contributed by atoms with E-state index in [0.29, 0.717) is 0 Å². The number of hydrogen-bond donors (Lipinski definition) is 0. The van der Waals surface area contributed by atoms with E-state index in [4.69, 9.17) is 4.65 Å². The van der Waals surface area contributed by atoms with Crippen LogP contribution in [0.25, 0.3) is 0 Å². The van der Waals surface area contributed by atoms with Crippen molar-refractivity contribution in [1.29, 1.82) is 0 Å². The Bertz CT molecular complexity index is 101. The van der Waals surface area contributed by atoms with Gasteiger partial charge in [0.15, 0.2) is 0 Å². The number of rotatable bonds is 0. The minimum Gasteiger partial charge on any atom is -0.435 e. The molecule has 1 unspecified atom stereocenters. The van der Waals surface area contributed by atoms with Gasteiger partial charge in [-0.1, -0.05) is 6.92 Å². The smallest absolute Gasteiger partial charge is 0.275 e. The largest absolute Gasteiger partial charge is 0.435 e. The molecule has 0 spiro atoms. The summed E-state index contributed by atoms with van der Waals surface area (Å²) in [5.74, 6) is 0.855. The highest BCUT2D eigenvalue weighted by molar-refractivity contribution is 6.27.